The lowest BCUT2D eigenvalue weighted by Gasteiger charge is -2.33. The molecule has 1 N–H and O–H groups in total. The number of piperidine rings is 1. The molecule has 0 spiro atoms. The maximum atomic E-state index is 4.41. The Bertz CT molecular complexity index is 350. The van der Waals surface area contributed by atoms with E-state index in [0.717, 1.165) is 44.7 Å². The van der Waals surface area contributed by atoms with Gasteiger partial charge < -0.3 is 9.88 Å². The Morgan fingerprint density at radius 3 is 2.62 bits per heavy atom. The monoisotopic (exact) mass is 222 g/mol. The number of aromatic nitrogens is 3. The van der Waals surface area contributed by atoms with Crippen LogP contribution < -0.4 is 5.32 Å². The van der Waals surface area contributed by atoms with Gasteiger partial charge in [-0.1, -0.05) is 13.8 Å². The number of hydrogen-bond donors (Lipinski definition) is 1. The second kappa shape index (κ2) is 4.53. The van der Waals surface area contributed by atoms with Gasteiger partial charge in [0.15, 0.2) is 0 Å². The smallest absolute Gasteiger partial charge is 0.139 e. The first-order valence-corrected chi connectivity index (χ1v) is 6.28. The summed E-state index contributed by atoms with van der Waals surface area (Å²) in [5.74, 6) is 2.24. The van der Waals surface area contributed by atoms with Gasteiger partial charge in [0.25, 0.3) is 0 Å². The molecule has 0 aliphatic carbocycles. The van der Waals surface area contributed by atoms with Crippen molar-refractivity contribution in [2.75, 3.05) is 13.1 Å². The van der Waals surface area contributed by atoms with Crippen molar-refractivity contribution < 1.29 is 0 Å². The summed E-state index contributed by atoms with van der Waals surface area (Å²) in [6, 6.07) is 0. The van der Waals surface area contributed by atoms with E-state index in [1.807, 2.05) is 0 Å². The summed E-state index contributed by atoms with van der Waals surface area (Å²) in [4.78, 5) is 0. The van der Waals surface area contributed by atoms with Crippen LogP contribution in [0.5, 0.6) is 0 Å². The average molecular weight is 222 g/mol. The van der Waals surface area contributed by atoms with Crippen LogP contribution in [0.15, 0.2) is 0 Å². The summed E-state index contributed by atoms with van der Waals surface area (Å²) in [5, 5.41) is 12.1. The van der Waals surface area contributed by atoms with Gasteiger partial charge >= 0.3 is 0 Å². The summed E-state index contributed by atoms with van der Waals surface area (Å²) in [6.07, 6.45) is 3.46. The molecule has 0 unspecified atom stereocenters. The first kappa shape index (κ1) is 11.6. The van der Waals surface area contributed by atoms with Crippen LogP contribution in [-0.4, -0.2) is 27.9 Å². The summed E-state index contributed by atoms with van der Waals surface area (Å²) >= 11 is 0. The van der Waals surface area contributed by atoms with Crippen LogP contribution in [0.1, 0.15) is 44.8 Å². The summed E-state index contributed by atoms with van der Waals surface area (Å²) in [6.45, 7) is 9.80. The van der Waals surface area contributed by atoms with Crippen LogP contribution in [0.25, 0.3) is 0 Å². The van der Waals surface area contributed by atoms with E-state index in [4.69, 9.17) is 0 Å². The van der Waals surface area contributed by atoms with E-state index >= 15 is 0 Å². The molecule has 0 aromatic carbocycles. The maximum Gasteiger partial charge on any atom is 0.139 e. The first-order valence-electron chi connectivity index (χ1n) is 6.28. The van der Waals surface area contributed by atoms with Gasteiger partial charge in [-0.2, -0.15) is 0 Å². The topological polar surface area (TPSA) is 42.7 Å². The van der Waals surface area contributed by atoms with Crippen molar-refractivity contribution >= 4 is 0 Å². The standard InChI is InChI=1S/C12H22N4/c1-4-9-16-10(2)14-15-11(16)12(3)5-7-13-8-6-12/h13H,4-9H2,1-3H3. The quantitative estimate of drug-likeness (QED) is 0.845. The highest BCUT2D eigenvalue weighted by Crippen LogP contribution is 2.31. The number of aryl methyl sites for hydroxylation is 1. The Balaban J connectivity index is 2.30. The maximum absolute atomic E-state index is 4.41. The minimum Gasteiger partial charge on any atom is -0.317 e. The molecule has 0 atom stereocenters. The van der Waals surface area contributed by atoms with E-state index in [1.165, 1.54) is 5.82 Å². The predicted octanol–water partition coefficient (Wildman–Crippen LogP) is 1.64. The highest BCUT2D eigenvalue weighted by atomic mass is 15.3. The summed E-state index contributed by atoms with van der Waals surface area (Å²) in [5.41, 5.74) is 0.210. The van der Waals surface area contributed by atoms with Gasteiger partial charge in [0.05, 0.1) is 0 Å². The lowest BCUT2D eigenvalue weighted by atomic mass is 9.80. The van der Waals surface area contributed by atoms with Crippen LogP contribution in [0.4, 0.5) is 0 Å². The van der Waals surface area contributed by atoms with Crippen molar-refractivity contribution in [3.8, 4) is 0 Å². The fourth-order valence-corrected chi connectivity index (χ4v) is 2.52. The van der Waals surface area contributed by atoms with Gasteiger partial charge in [-0.05, 0) is 39.3 Å². The summed E-state index contributed by atoms with van der Waals surface area (Å²) < 4.78 is 2.30. The van der Waals surface area contributed by atoms with Crippen LogP contribution in [0.3, 0.4) is 0 Å². The number of nitrogens with zero attached hydrogens (tertiary/aromatic N) is 3. The lowest BCUT2D eigenvalue weighted by molar-refractivity contribution is 0.306. The van der Waals surface area contributed by atoms with Crippen LogP contribution in [0, 0.1) is 6.92 Å². The van der Waals surface area contributed by atoms with Crippen molar-refractivity contribution in [3.63, 3.8) is 0 Å². The fourth-order valence-electron chi connectivity index (χ4n) is 2.52. The van der Waals surface area contributed by atoms with E-state index in [1.54, 1.807) is 0 Å². The molecule has 0 bridgehead atoms. The summed E-state index contributed by atoms with van der Waals surface area (Å²) in [7, 11) is 0. The van der Waals surface area contributed by atoms with Crippen LogP contribution in [-0.2, 0) is 12.0 Å². The zero-order valence-corrected chi connectivity index (χ0v) is 10.6. The van der Waals surface area contributed by atoms with Crippen molar-refractivity contribution in [2.45, 2.75) is 52.0 Å². The Morgan fingerprint density at radius 2 is 2.00 bits per heavy atom. The second-order valence-corrected chi connectivity index (χ2v) is 5.03. The van der Waals surface area contributed by atoms with E-state index in [2.05, 4.69) is 40.9 Å². The third-order valence-corrected chi connectivity index (χ3v) is 3.63. The second-order valence-electron chi connectivity index (χ2n) is 5.03. The Morgan fingerprint density at radius 1 is 1.31 bits per heavy atom. The van der Waals surface area contributed by atoms with E-state index in [0.29, 0.717) is 0 Å². The third kappa shape index (κ3) is 1.98. The molecule has 1 saturated heterocycles. The van der Waals surface area contributed by atoms with Gasteiger partial charge in [0, 0.05) is 12.0 Å². The molecule has 16 heavy (non-hydrogen) atoms. The van der Waals surface area contributed by atoms with Crippen molar-refractivity contribution in [1.29, 1.82) is 0 Å². The molecular formula is C12H22N4. The molecule has 1 aromatic rings. The van der Waals surface area contributed by atoms with Gasteiger partial charge in [-0.15, -0.1) is 10.2 Å². The van der Waals surface area contributed by atoms with Gasteiger partial charge in [0.1, 0.15) is 11.6 Å². The number of hydrogen-bond acceptors (Lipinski definition) is 3. The Labute approximate surface area is 97.5 Å². The molecule has 1 fully saturated rings. The largest absolute Gasteiger partial charge is 0.317 e. The van der Waals surface area contributed by atoms with Gasteiger partial charge in [-0.25, -0.2) is 0 Å². The molecular weight excluding hydrogens is 200 g/mol. The fraction of sp³-hybridized carbons (Fsp3) is 0.833. The first-order chi connectivity index (χ1) is 7.67. The molecule has 0 saturated carbocycles. The Hall–Kier alpha value is -0.900. The zero-order valence-electron chi connectivity index (χ0n) is 10.6. The number of nitrogens with one attached hydrogen (secondary N) is 1. The molecule has 4 nitrogen and oxygen atoms in total. The molecule has 0 amide bonds. The molecule has 2 heterocycles. The van der Waals surface area contributed by atoms with Gasteiger partial charge in [0.2, 0.25) is 0 Å². The van der Waals surface area contributed by atoms with Crippen LogP contribution >= 0.6 is 0 Å². The molecule has 1 aliphatic heterocycles. The lowest BCUT2D eigenvalue weighted by Crippen LogP contribution is -2.39. The van der Waals surface area contributed by atoms with Gasteiger partial charge in [-0.3, -0.25) is 0 Å². The molecule has 2 rings (SSSR count). The highest BCUT2D eigenvalue weighted by Gasteiger charge is 2.33. The minimum atomic E-state index is 0.210. The zero-order chi connectivity index (χ0) is 11.6. The third-order valence-electron chi connectivity index (χ3n) is 3.63. The van der Waals surface area contributed by atoms with Crippen LogP contribution in [0.2, 0.25) is 0 Å². The molecule has 90 valence electrons. The van der Waals surface area contributed by atoms with E-state index in [-0.39, 0.29) is 5.41 Å². The highest BCUT2D eigenvalue weighted by molar-refractivity contribution is 5.10. The van der Waals surface area contributed by atoms with Crippen molar-refractivity contribution in [1.82, 2.24) is 20.1 Å². The van der Waals surface area contributed by atoms with E-state index < -0.39 is 0 Å². The SMILES string of the molecule is CCCn1c(C)nnc1C1(C)CCNCC1. The predicted molar refractivity (Wildman–Crippen MR) is 64.5 cm³/mol. The number of rotatable bonds is 3. The van der Waals surface area contributed by atoms with Crippen molar-refractivity contribution in [3.05, 3.63) is 11.6 Å². The molecule has 1 aliphatic rings. The normalized spacial score (nSPS) is 19.9. The average Bonchev–Trinajstić information content (AvgIpc) is 2.63. The Kier molecular flexibility index (Phi) is 3.28. The molecule has 0 radical (unpaired) electrons. The molecule has 1 aromatic heterocycles. The minimum absolute atomic E-state index is 0.210. The molecule has 4 heteroatoms. The van der Waals surface area contributed by atoms with E-state index in [9.17, 15) is 0 Å². The van der Waals surface area contributed by atoms with Crippen molar-refractivity contribution in [2.24, 2.45) is 0 Å².